The quantitative estimate of drug-likeness (QED) is 0.759. The number of thioether (sulfide) groups is 1. The van der Waals surface area contributed by atoms with Crippen molar-refractivity contribution in [2.45, 2.75) is 37.2 Å². The summed E-state index contributed by atoms with van der Waals surface area (Å²) in [7, 11) is 2.01. The SMILES string of the molecule is CCCn1ncnc1CC(CSc1ccccc1)NC. The average Bonchev–Trinajstić information content (AvgIpc) is 2.92. The minimum Gasteiger partial charge on any atom is -0.316 e. The highest BCUT2D eigenvalue weighted by atomic mass is 32.2. The Balaban J connectivity index is 1.90. The van der Waals surface area contributed by atoms with Gasteiger partial charge in [-0.3, -0.25) is 4.68 Å². The summed E-state index contributed by atoms with van der Waals surface area (Å²) in [4.78, 5) is 5.69. The van der Waals surface area contributed by atoms with Crippen LogP contribution in [0, 0.1) is 0 Å². The molecule has 0 saturated heterocycles. The molecule has 0 fully saturated rings. The molecule has 0 bridgehead atoms. The molecule has 0 aliphatic rings. The highest BCUT2D eigenvalue weighted by Crippen LogP contribution is 2.18. The van der Waals surface area contributed by atoms with Gasteiger partial charge in [-0.25, -0.2) is 4.98 Å². The van der Waals surface area contributed by atoms with E-state index in [4.69, 9.17) is 0 Å². The number of nitrogens with zero attached hydrogens (tertiary/aromatic N) is 3. The van der Waals surface area contributed by atoms with Gasteiger partial charge in [-0.2, -0.15) is 5.10 Å². The second-order valence-electron chi connectivity index (χ2n) is 4.71. The fourth-order valence-electron chi connectivity index (χ4n) is 2.02. The van der Waals surface area contributed by atoms with Crippen LogP contribution in [0.15, 0.2) is 41.6 Å². The lowest BCUT2D eigenvalue weighted by Gasteiger charge is -2.15. The third-order valence-corrected chi connectivity index (χ3v) is 4.34. The van der Waals surface area contributed by atoms with Gasteiger partial charge in [0.15, 0.2) is 0 Å². The number of aromatic nitrogens is 3. The van der Waals surface area contributed by atoms with E-state index in [2.05, 4.69) is 46.6 Å². The van der Waals surface area contributed by atoms with Gasteiger partial charge in [0.25, 0.3) is 0 Å². The van der Waals surface area contributed by atoms with Gasteiger partial charge < -0.3 is 5.32 Å². The van der Waals surface area contributed by atoms with Crippen molar-refractivity contribution in [3.05, 3.63) is 42.5 Å². The molecule has 1 aromatic heterocycles. The molecule has 0 amide bonds. The van der Waals surface area contributed by atoms with Gasteiger partial charge in [-0.15, -0.1) is 11.8 Å². The van der Waals surface area contributed by atoms with Crippen molar-refractivity contribution in [1.29, 1.82) is 0 Å². The van der Waals surface area contributed by atoms with Crippen LogP contribution < -0.4 is 5.32 Å². The van der Waals surface area contributed by atoms with E-state index in [0.717, 1.165) is 31.0 Å². The molecule has 2 rings (SSSR count). The molecule has 1 unspecified atom stereocenters. The lowest BCUT2D eigenvalue weighted by molar-refractivity contribution is 0.528. The highest BCUT2D eigenvalue weighted by molar-refractivity contribution is 7.99. The van der Waals surface area contributed by atoms with Gasteiger partial charge in [0.2, 0.25) is 0 Å². The predicted molar refractivity (Wildman–Crippen MR) is 84.0 cm³/mol. The summed E-state index contributed by atoms with van der Waals surface area (Å²) in [5, 5.41) is 7.66. The minimum absolute atomic E-state index is 0.403. The molecule has 0 spiro atoms. The third kappa shape index (κ3) is 4.35. The zero-order chi connectivity index (χ0) is 14.2. The van der Waals surface area contributed by atoms with Gasteiger partial charge in [0.05, 0.1) is 0 Å². The monoisotopic (exact) mass is 290 g/mol. The highest BCUT2D eigenvalue weighted by Gasteiger charge is 2.12. The van der Waals surface area contributed by atoms with Crippen molar-refractivity contribution in [3.8, 4) is 0 Å². The number of likely N-dealkylation sites (N-methyl/N-ethyl adjacent to an activating group) is 1. The summed E-state index contributed by atoms with van der Waals surface area (Å²) in [6.07, 6.45) is 3.65. The summed E-state index contributed by atoms with van der Waals surface area (Å²) >= 11 is 1.87. The Hall–Kier alpha value is -1.33. The summed E-state index contributed by atoms with van der Waals surface area (Å²) in [6.45, 7) is 3.10. The maximum Gasteiger partial charge on any atom is 0.138 e. The zero-order valence-electron chi connectivity index (χ0n) is 12.1. The van der Waals surface area contributed by atoms with Crippen LogP contribution in [0.5, 0.6) is 0 Å². The van der Waals surface area contributed by atoms with Crippen LogP contribution >= 0.6 is 11.8 Å². The van der Waals surface area contributed by atoms with Gasteiger partial charge in [-0.05, 0) is 25.6 Å². The van der Waals surface area contributed by atoms with Gasteiger partial charge >= 0.3 is 0 Å². The molecule has 20 heavy (non-hydrogen) atoms. The fraction of sp³-hybridized carbons (Fsp3) is 0.467. The topological polar surface area (TPSA) is 42.7 Å². The van der Waals surface area contributed by atoms with Crippen molar-refractivity contribution in [2.75, 3.05) is 12.8 Å². The molecule has 1 N–H and O–H groups in total. The Morgan fingerprint density at radius 2 is 2.10 bits per heavy atom. The standard InChI is InChI=1S/C15H22N4S/c1-3-9-19-15(17-12-18-19)10-13(16-2)11-20-14-7-5-4-6-8-14/h4-8,12-13,16H,3,9-11H2,1-2H3. The minimum atomic E-state index is 0.403. The van der Waals surface area contributed by atoms with Crippen LogP contribution in [-0.2, 0) is 13.0 Å². The molecule has 2 aromatic rings. The van der Waals surface area contributed by atoms with Crippen LogP contribution in [0.4, 0.5) is 0 Å². The van der Waals surface area contributed by atoms with Crippen molar-refractivity contribution in [2.24, 2.45) is 0 Å². The lowest BCUT2D eigenvalue weighted by atomic mass is 10.2. The van der Waals surface area contributed by atoms with E-state index in [1.807, 2.05) is 29.6 Å². The maximum atomic E-state index is 4.38. The van der Waals surface area contributed by atoms with E-state index in [1.165, 1.54) is 4.90 Å². The van der Waals surface area contributed by atoms with Crippen LogP contribution in [0.25, 0.3) is 0 Å². The molecule has 108 valence electrons. The molecule has 1 atom stereocenters. The number of rotatable bonds is 8. The van der Waals surface area contributed by atoms with Crippen LogP contribution in [0.3, 0.4) is 0 Å². The van der Waals surface area contributed by atoms with Crippen molar-refractivity contribution >= 4 is 11.8 Å². The number of nitrogens with one attached hydrogen (secondary N) is 1. The Bertz CT molecular complexity index is 498. The van der Waals surface area contributed by atoms with Crippen LogP contribution in [-0.4, -0.2) is 33.6 Å². The first-order valence-corrected chi connectivity index (χ1v) is 8.03. The zero-order valence-corrected chi connectivity index (χ0v) is 12.9. The normalized spacial score (nSPS) is 12.5. The van der Waals surface area contributed by atoms with E-state index in [1.54, 1.807) is 6.33 Å². The second kappa shape index (κ2) is 8.07. The molecular formula is C15H22N4S. The number of hydrogen-bond donors (Lipinski definition) is 1. The predicted octanol–water partition coefficient (Wildman–Crippen LogP) is 2.61. The van der Waals surface area contributed by atoms with Crippen LogP contribution in [0.1, 0.15) is 19.2 Å². The molecule has 1 aromatic carbocycles. The average molecular weight is 290 g/mol. The summed E-state index contributed by atoms with van der Waals surface area (Å²) < 4.78 is 2.01. The van der Waals surface area contributed by atoms with E-state index in [9.17, 15) is 0 Å². The largest absolute Gasteiger partial charge is 0.316 e. The van der Waals surface area contributed by atoms with E-state index in [0.29, 0.717) is 6.04 Å². The van der Waals surface area contributed by atoms with E-state index >= 15 is 0 Å². The molecule has 0 aliphatic heterocycles. The maximum absolute atomic E-state index is 4.38. The number of benzene rings is 1. The summed E-state index contributed by atoms with van der Waals surface area (Å²) in [5.74, 6) is 2.10. The summed E-state index contributed by atoms with van der Waals surface area (Å²) in [5.41, 5.74) is 0. The van der Waals surface area contributed by atoms with Gasteiger partial charge in [-0.1, -0.05) is 25.1 Å². The third-order valence-electron chi connectivity index (χ3n) is 3.16. The summed E-state index contributed by atoms with van der Waals surface area (Å²) in [6, 6.07) is 10.9. The Morgan fingerprint density at radius 1 is 1.30 bits per heavy atom. The molecule has 0 aliphatic carbocycles. The van der Waals surface area contributed by atoms with Crippen molar-refractivity contribution in [3.63, 3.8) is 0 Å². The molecule has 1 heterocycles. The molecule has 0 radical (unpaired) electrons. The van der Waals surface area contributed by atoms with E-state index < -0.39 is 0 Å². The van der Waals surface area contributed by atoms with Crippen LogP contribution in [0.2, 0.25) is 0 Å². The van der Waals surface area contributed by atoms with Gasteiger partial charge in [0, 0.05) is 29.7 Å². The van der Waals surface area contributed by atoms with Gasteiger partial charge in [0.1, 0.15) is 12.2 Å². The molecular weight excluding hydrogens is 268 g/mol. The Labute approximate surface area is 125 Å². The first kappa shape index (κ1) is 15.1. The molecule has 0 saturated carbocycles. The Morgan fingerprint density at radius 3 is 2.80 bits per heavy atom. The number of hydrogen-bond acceptors (Lipinski definition) is 4. The molecule has 4 nitrogen and oxygen atoms in total. The first-order chi connectivity index (χ1) is 9.83. The Kier molecular flexibility index (Phi) is 6.08. The molecule has 5 heteroatoms. The van der Waals surface area contributed by atoms with E-state index in [-0.39, 0.29) is 0 Å². The lowest BCUT2D eigenvalue weighted by Crippen LogP contribution is -2.31. The fourth-order valence-corrected chi connectivity index (χ4v) is 3.05. The van der Waals surface area contributed by atoms with Crippen molar-refractivity contribution in [1.82, 2.24) is 20.1 Å². The van der Waals surface area contributed by atoms with Crippen molar-refractivity contribution < 1.29 is 0 Å². The first-order valence-electron chi connectivity index (χ1n) is 7.05. The smallest absolute Gasteiger partial charge is 0.138 e. The number of aryl methyl sites for hydroxylation is 1. The second-order valence-corrected chi connectivity index (χ2v) is 5.81.